The molecule has 0 bridgehead atoms. The van der Waals surface area contributed by atoms with Crippen LogP contribution < -0.4 is 5.32 Å². The lowest BCUT2D eigenvalue weighted by Crippen LogP contribution is -2.15. The van der Waals surface area contributed by atoms with Crippen LogP contribution in [0.15, 0.2) is 59.8 Å². The number of amides is 1. The van der Waals surface area contributed by atoms with Gasteiger partial charge in [-0.2, -0.15) is 13.2 Å². The van der Waals surface area contributed by atoms with Crippen LogP contribution >= 0.6 is 11.8 Å². The van der Waals surface area contributed by atoms with Crippen LogP contribution in [0, 0.1) is 13.8 Å². The molecular formula is C21H18F3N3OS. The molecule has 3 rings (SSSR count). The Hall–Kier alpha value is -2.87. The van der Waals surface area contributed by atoms with Crippen molar-refractivity contribution in [1.29, 1.82) is 0 Å². The van der Waals surface area contributed by atoms with Gasteiger partial charge in [0.15, 0.2) is 5.16 Å². The molecule has 2 aromatic carbocycles. The largest absolute Gasteiger partial charge is 0.433 e. The molecule has 0 radical (unpaired) electrons. The van der Waals surface area contributed by atoms with Crippen LogP contribution in [0.3, 0.4) is 0 Å². The highest BCUT2D eigenvalue weighted by Crippen LogP contribution is 2.32. The highest BCUT2D eigenvalue weighted by molar-refractivity contribution is 7.99. The van der Waals surface area contributed by atoms with Crippen LogP contribution in [-0.2, 0) is 11.0 Å². The molecule has 0 fully saturated rings. The second-order valence-electron chi connectivity index (χ2n) is 6.50. The first-order valence-electron chi connectivity index (χ1n) is 8.73. The summed E-state index contributed by atoms with van der Waals surface area (Å²) in [5, 5.41) is 2.64. The number of halogens is 3. The number of thioether (sulfide) groups is 1. The molecular weight excluding hydrogens is 399 g/mol. The van der Waals surface area contributed by atoms with Crippen molar-refractivity contribution in [2.24, 2.45) is 0 Å². The second kappa shape index (κ2) is 8.65. The highest BCUT2D eigenvalue weighted by atomic mass is 32.2. The molecule has 0 atom stereocenters. The number of nitrogens with zero attached hydrogens (tertiary/aromatic N) is 2. The van der Waals surface area contributed by atoms with E-state index in [1.165, 1.54) is 0 Å². The van der Waals surface area contributed by atoms with Crippen LogP contribution in [0.25, 0.3) is 11.3 Å². The van der Waals surface area contributed by atoms with Crippen LogP contribution in [0.5, 0.6) is 0 Å². The third-order valence-electron chi connectivity index (χ3n) is 3.90. The van der Waals surface area contributed by atoms with Crippen molar-refractivity contribution in [2.75, 3.05) is 11.1 Å². The number of benzene rings is 2. The Morgan fingerprint density at radius 3 is 2.28 bits per heavy atom. The van der Waals surface area contributed by atoms with Gasteiger partial charge in [0.05, 0.1) is 11.4 Å². The zero-order chi connectivity index (χ0) is 21.0. The maximum Gasteiger partial charge on any atom is 0.433 e. The average molecular weight is 417 g/mol. The van der Waals surface area contributed by atoms with E-state index in [0.29, 0.717) is 11.3 Å². The number of aromatic nitrogens is 2. The summed E-state index contributed by atoms with van der Waals surface area (Å²) >= 11 is 0.861. The minimum Gasteiger partial charge on any atom is -0.325 e. The lowest BCUT2D eigenvalue weighted by molar-refractivity contribution is -0.141. The molecule has 0 unspecified atom stereocenters. The maximum absolute atomic E-state index is 13.2. The van der Waals surface area contributed by atoms with Gasteiger partial charge in [-0.05, 0) is 43.2 Å². The number of rotatable bonds is 5. The first kappa shape index (κ1) is 20.9. The van der Waals surface area contributed by atoms with Gasteiger partial charge in [0.2, 0.25) is 5.91 Å². The van der Waals surface area contributed by atoms with E-state index in [1.54, 1.807) is 30.3 Å². The Kier molecular flexibility index (Phi) is 6.22. The van der Waals surface area contributed by atoms with Gasteiger partial charge in [-0.1, -0.05) is 48.2 Å². The summed E-state index contributed by atoms with van der Waals surface area (Å²) in [5.74, 6) is -0.454. The molecule has 1 N–H and O–H groups in total. The smallest absolute Gasteiger partial charge is 0.325 e. The Morgan fingerprint density at radius 1 is 1.00 bits per heavy atom. The van der Waals surface area contributed by atoms with Crippen LogP contribution in [0.4, 0.5) is 18.9 Å². The molecule has 0 spiro atoms. The van der Waals surface area contributed by atoms with Crippen molar-refractivity contribution in [1.82, 2.24) is 9.97 Å². The lowest BCUT2D eigenvalue weighted by atomic mass is 10.1. The Bertz CT molecular complexity index is 1000. The van der Waals surface area contributed by atoms with Gasteiger partial charge in [-0.3, -0.25) is 4.79 Å². The Balaban J connectivity index is 1.78. The van der Waals surface area contributed by atoms with Gasteiger partial charge >= 0.3 is 6.18 Å². The Morgan fingerprint density at radius 2 is 1.66 bits per heavy atom. The molecule has 4 nitrogen and oxygen atoms in total. The van der Waals surface area contributed by atoms with Crippen LogP contribution in [0.1, 0.15) is 16.8 Å². The number of alkyl halides is 3. The van der Waals surface area contributed by atoms with Gasteiger partial charge in [0, 0.05) is 11.3 Å². The molecule has 0 saturated carbocycles. The van der Waals surface area contributed by atoms with Crippen molar-refractivity contribution >= 4 is 23.4 Å². The fourth-order valence-electron chi connectivity index (χ4n) is 2.77. The van der Waals surface area contributed by atoms with Gasteiger partial charge < -0.3 is 5.32 Å². The van der Waals surface area contributed by atoms with Gasteiger partial charge in [0.25, 0.3) is 0 Å². The Labute approximate surface area is 170 Å². The molecule has 150 valence electrons. The summed E-state index contributed by atoms with van der Waals surface area (Å²) < 4.78 is 39.7. The minimum absolute atomic E-state index is 0.103. The summed E-state index contributed by atoms with van der Waals surface area (Å²) in [4.78, 5) is 20.0. The fraction of sp³-hybridized carbons (Fsp3) is 0.190. The summed E-state index contributed by atoms with van der Waals surface area (Å²) in [5.41, 5.74) is 2.31. The van der Waals surface area contributed by atoms with Gasteiger partial charge in [-0.25, -0.2) is 9.97 Å². The number of carbonyl (C=O) groups is 1. The third-order valence-corrected chi connectivity index (χ3v) is 4.75. The molecule has 0 saturated heterocycles. The van der Waals surface area contributed by atoms with Crippen molar-refractivity contribution in [2.45, 2.75) is 25.2 Å². The van der Waals surface area contributed by atoms with E-state index in [0.717, 1.165) is 29.0 Å². The van der Waals surface area contributed by atoms with E-state index in [-0.39, 0.29) is 22.5 Å². The number of carbonyl (C=O) groups excluding carboxylic acids is 1. The van der Waals surface area contributed by atoms with E-state index < -0.39 is 11.9 Å². The molecule has 1 heterocycles. The summed E-state index contributed by atoms with van der Waals surface area (Å²) in [6, 6.07) is 15.1. The topological polar surface area (TPSA) is 54.9 Å². The lowest BCUT2D eigenvalue weighted by Gasteiger charge is -2.11. The first-order chi connectivity index (χ1) is 13.7. The summed E-state index contributed by atoms with van der Waals surface area (Å²) in [7, 11) is 0. The van der Waals surface area contributed by atoms with E-state index in [4.69, 9.17) is 0 Å². The SMILES string of the molecule is Cc1cc(C)cc(NC(=O)CSc2nc(-c3ccccc3)cc(C(F)(F)F)n2)c1. The van der Waals surface area contributed by atoms with Crippen molar-refractivity contribution in [3.05, 3.63) is 71.4 Å². The van der Waals surface area contributed by atoms with E-state index >= 15 is 0 Å². The maximum atomic E-state index is 13.2. The van der Waals surface area contributed by atoms with E-state index in [2.05, 4.69) is 15.3 Å². The number of hydrogen-bond acceptors (Lipinski definition) is 4. The molecule has 0 aliphatic rings. The van der Waals surface area contributed by atoms with Gasteiger partial charge in [-0.15, -0.1) is 0 Å². The quantitative estimate of drug-likeness (QED) is 0.439. The molecule has 1 aromatic heterocycles. The van der Waals surface area contributed by atoms with Crippen LogP contribution in [0.2, 0.25) is 0 Å². The zero-order valence-corrected chi connectivity index (χ0v) is 16.6. The van der Waals surface area contributed by atoms with E-state index in [9.17, 15) is 18.0 Å². The molecule has 3 aromatic rings. The standard InChI is InChI=1S/C21H18F3N3OS/c1-13-8-14(2)10-16(9-13)25-19(28)12-29-20-26-17(15-6-4-3-5-7-15)11-18(27-20)21(22,23)24/h3-11H,12H2,1-2H3,(H,25,28). The predicted octanol–water partition coefficient (Wildman–Crippen LogP) is 5.51. The molecule has 0 aliphatic carbocycles. The van der Waals surface area contributed by atoms with Crippen molar-refractivity contribution in [3.8, 4) is 11.3 Å². The molecule has 29 heavy (non-hydrogen) atoms. The number of nitrogens with one attached hydrogen (secondary N) is 1. The summed E-state index contributed by atoms with van der Waals surface area (Å²) in [6.45, 7) is 3.83. The summed E-state index contributed by atoms with van der Waals surface area (Å²) in [6.07, 6.45) is -4.61. The minimum atomic E-state index is -4.61. The third kappa shape index (κ3) is 5.80. The number of hydrogen-bond donors (Lipinski definition) is 1. The van der Waals surface area contributed by atoms with Crippen LogP contribution in [-0.4, -0.2) is 21.6 Å². The predicted molar refractivity (Wildman–Crippen MR) is 108 cm³/mol. The molecule has 0 aliphatic heterocycles. The van der Waals surface area contributed by atoms with Crippen molar-refractivity contribution in [3.63, 3.8) is 0 Å². The second-order valence-corrected chi connectivity index (χ2v) is 7.44. The zero-order valence-electron chi connectivity index (χ0n) is 15.7. The van der Waals surface area contributed by atoms with Gasteiger partial charge in [0.1, 0.15) is 5.69 Å². The first-order valence-corrected chi connectivity index (χ1v) is 9.72. The molecule has 1 amide bonds. The normalized spacial score (nSPS) is 11.3. The van der Waals surface area contributed by atoms with E-state index in [1.807, 2.05) is 32.0 Å². The monoisotopic (exact) mass is 417 g/mol. The highest BCUT2D eigenvalue weighted by Gasteiger charge is 2.34. The number of aryl methyl sites for hydroxylation is 2. The average Bonchev–Trinajstić information content (AvgIpc) is 2.65. The van der Waals surface area contributed by atoms with Crippen molar-refractivity contribution < 1.29 is 18.0 Å². The molecule has 8 heteroatoms. The number of anilines is 1. The fourth-order valence-corrected chi connectivity index (χ4v) is 3.42.